The van der Waals surface area contributed by atoms with E-state index < -0.39 is 0 Å². The molecule has 0 radical (unpaired) electrons. The summed E-state index contributed by atoms with van der Waals surface area (Å²) in [7, 11) is 1.86. The predicted molar refractivity (Wildman–Crippen MR) is 92.7 cm³/mol. The first-order valence-electron chi connectivity index (χ1n) is 7.48. The molecular weight excluding hydrogens is 320 g/mol. The Balaban J connectivity index is 1.88. The number of halogens is 1. The molecule has 0 unspecified atom stereocenters. The van der Waals surface area contributed by atoms with Crippen molar-refractivity contribution in [2.24, 2.45) is 0 Å². The number of benzene rings is 1. The van der Waals surface area contributed by atoms with Gasteiger partial charge in [-0.1, -0.05) is 23.7 Å². The van der Waals surface area contributed by atoms with Crippen molar-refractivity contribution in [3.63, 3.8) is 0 Å². The second kappa shape index (κ2) is 8.65. The molecule has 2 amide bonds. The molecule has 1 aromatic rings. The van der Waals surface area contributed by atoms with Gasteiger partial charge < -0.3 is 15.0 Å². The van der Waals surface area contributed by atoms with Crippen LogP contribution in [0.2, 0.25) is 5.02 Å². The molecule has 0 aromatic heterocycles. The molecule has 1 saturated heterocycles. The molecular formula is C16H23ClN2O2S. The minimum atomic E-state index is -0.0204. The molecule has 0 aliphatic carbocycles. The first-order chi connectivity index (χ1) is 10.6. The fourth-order valence-electron chi connectivity index (χ4n) is 2.59. The van der Waals surface area contributed by atoms with E-state index in [-0.39, 0.29) is 17.3 Å². The number of hydrogen-bond donors (Lipinski definition) is 1. The first kappa shape index (κ1) is 17.4. The van der Waals surface area contributed by atoms with E-state index in [9.17, 15) is 4.79 Å². The summed E-state index contributed by atoms with van der Waals surface area (Å²) in [6, 6.07) is 8.05. The van der Waals surface area contributed by atoms with Crippen LogP contribution in [0.3, 0.4) is 0 Å². The highest BCUT2D eigenvalue weighted by atomic mass is 35.5. The summed E-state index contributed by atoms with van der Waals surface area (Å²) in [4.78, 5) is 14.1. The number of urea groups is 1. The van der Waals surface area contributed by atoms with Crippen LogP contribution < -0.4 is 5.32 Å². The molecule has 0 saturated carbocycles. The number of nitrogens with one attached hydrogen (secondary N) is 1. The van der Waals surface area contributed by atoms with Gasteiger partial charge in [-0.3, -0.25) is 0 Å². The maximum Gasteiger partial charge on any atom is 0.317 e. The Hall–Kier alpha value is -0.910. The van der Waals surface area contributed by atoms with Crippen LogP contribution in [-0.4, -0.2) is 50.0 Å². The van der Waals surface area contributed by atoms with Crippen molar-refractivity contribution in [3.05, 3.63) is 34.9 Å². The van der Waals surface area contributed by atoms with E-state index in [4.69, 9.17) is 16.3 Å². The van der Waals surface area contributed by atoms with Gasteiger partial charge in [-0.15, -0.1) is 0 Å². The van der Waals surface area contributed by atoms with Gasteiger partial charge in [-0.05, 0) is 36.8 Å². The predicted octanol–water partition coefficient (Wildman–Crippen LogP) is 3.56. The topological polar surface area (TPSA) is 41.6 Å². The maximum absolute atomic E-state index is 12.3. The molecule has 1 atom stereocenters. The van der Waals surface area contributed by atoms with E-state index in [1.54, 1.807) is 16.7 Å². The monoisotopic (exact) mass is 342 g/mol. The highest BCUT2D eigenvalue weighted by Gasteiger charge is 2.23. The molecule has 122 valence electrons. The second-order valence-electron chi connectivity index (χ2n) is 5.42. The molecule has 2 rings (SSSR count). The lowest BCUT2D eigenvalue weighted by atomic mass is 10.1. The summed E-state index contributed by atoms with van der Waals surface area (Å²) in [5.41, 5.74) is 1.13. The van der Waals surface area contributed by atoms with Gasteiger partial charge in [0.25, 0.3) is 0 Å². The van der Waals surface area contributed by atoms with Gasteiger partial charge in [0.15, 0.2) is 0 Å². The van der Waals surface area contributed by atoms with Crippen molar-refractivity contribution in [1.29, 1.82) is 0 Å². The molecule has 1 fully saturated rings. The lowest BCUT2D eigenvalue weighted by molar-refractivity contribution is 0.0526. The smallest absolute Gasteiger partial charge is 0.317 e. The Morgan fingerprint density at radius 1 is 1.50 bits per heavy atom. The van der Waals surface area contributed by atoms with Crippen molar-refractivity contribution in [2.45, 2.75) is 24.1 Å². The molecule has 1 N–H and O–H groups in total. The van der Waals surface area contributed by atoms with Crippen LogP contribution in [-0.2, 0) is 4.74 Å². The van der Waals surface area contributed by atoms with Gasteiger partial charge in [-0.2, -0.15) is 11.8 Å². The van der Waals surface area contributed by atoms with Crippen molar-refractivity contribution >= 4 is 29.4 Å². The minimum Gasteiger partial charge on any atom is -0.381 e. The summed E-state index contributed by atoms with van der Waals surface area (Å²) < 4.78 is 5.34. The molecule has 4 nitrogen and oxygen atoms in total. The molecule has 0 bridgehead atoms. The van der Waals surface area contributed by atoms with Gasteiger partial charge >= 0.3 is 6.03 Å². The van der Waals surface area contributed by atoms with Crippen LogP contribution in [0.15, 0.2) is 24.3 Å². The van der Waals surface area contributed by atoms with Gasteiger partial charge in [-0.25, -0.2) is 4.79 Å². The number of thioether (sulfide) groups is 1. The third kappa shape index (κ3) is 4.80. The van der Waals surface area contributed by atoms with Crippen LogP contribution in [0, 0.1) is 0 Å². The Bertz CT molecular complexity index is 495. The number of nitrogens with zero attached hydrogens (tertiary/aromatic N) is 1. The van der Waals surface area contributed by atoms with Crippen molar-refractivity contribution in [3.8, 4) is 0 Å². The summed E-state index contributed by atoms with van der Waals surface area (Å²) in [6.45, 7) is 2.06. The molecule has 1 aliphatic rings. The van der Waals surface area contributed by atoms with E-state index in [1.807, 2.05) is 37.6 Å². The molecule has 22 heavy (non-hydrogen) atoms. The third-order valence-corrected chi connectivity index (χ3v) is 5.25. The quantitative estimate of drug-likeness (QED) is 0.889. The zero-order valence-electron chi connectivity index (χ0n) is 13.0. The van der Waals surface area contributed by atoms with E-state index >= 15 is 0 Å². The number of amides is 2. The number of hydrogen-bond acceptors (Lipinski definition) is 3. The van der Waals surface area contributed by atoms with Crippen LogP contribution >= 0.6 is 23.4 Å². The minimum absolute atomic E-state index is 0.0204. The van der Waals surface area contributed by atoms with E-state index in [1.165, 1.54) is 0 Å². The normalized spacial score (nSPS) is 17.0. The summed E-state index contributed by atoms with van der Waals surface area (Å²) in [5.74, 6) is 0. The van der Waals surface area contributed by atoms with Crippen molar-refractivity contribution in [1.82, 2.24) is 10.2 Å². The SMILES string of the molecule is CS[C@@H](CNC(=O)N(C)C1CCOCC1)c1cccc(Cl)c1. The Morgan fingerprint density at radius 2 is 2.23 bits per heavy atom. The number of carbonyl (C=O) groups is 1. The Morgan fingerprint density at radius 3 is 2.86 bits per heavy atom. The third-order valence-electron chi connectivity index (χ3n) is 4.00. The zero-order valence-corrected chi connectivity index (χ0v) is 14.6. The average molecular weight is 343 g/mol. The Labute approximate surface area is 141 Å². The largest absolute Gasteiger partial charge is 0.381 e. The van der Waals surface area contributed by atoms with Crippen molar-refractivity contribution < 1.29 is 9.53 Å². The highest BCUT2D eigenvalue weighted by molar-refractivity contribution is 7.98. The lowest BCUT2D eigenvalue weighted by Crippen LogP contribution is -2.46. The second-order valence-corrected chi connectivity index (χ2v) is 6.90. The van der Waals surface area contributed by atoms with Crippen molar-refractivity contribution in [2.75, 3.05) is 33.1 Å². The van der Waals surface area contributed by atoms with Crippen LogP contribution in [0.4, 0.5) is 4.79 Å². The zero-order chi connectivity index (χ0) is 15.9. The first-order valence-corrected chi connectivity index (χ1v) is 9.15. The van der Waals surface area contributed by atoms with Gasteiger partial charge in [0.1, 0.15) is 0 Å². The maximum atomic E-state index is 12.3. The molecule has 1 aliphatic heterocycles. The number of ether oxygens (including phenoxy) is 1. The van der Waals surface area contributed by atoms with E-state index in [0.717, 1.165) is 36.6 Å². The lowest BCUT2D eigenvalue weighted by Gasteiger charge is -2.31. The summed E-state index contributed by atoms with van der Waals surface area (Å²) in [5, 5.41) is 3.95. The number of carbonyl (C=O) groups excluding carboxylic acids is 1. The fourth-order valence-corrected chi connectivity index (χ4v) is 3.45. The molecule has 1 heterocycles. The van der Waals surface area contributed by atoms with Crippen LogP contribution in [0.25, 0.3) is 0 Å². The molecule has 1 aromatic carbocycles. The van der Waals surface area contributed by atoms with Crippen LogP contribution in [0.1, 0.15) is 23.7 Å². The van der Waals surface area contributed by atoms with Crippen LogP contribution in [0.5, 0.6) is 0 Å². The highest BCUT2D eigenvalue weighted by Crippen LogP contribution is 2.27. The average Bonchev–Trinajstić information content (AvgIpc) is 2.55. The van der Waals surface area contributed by atoms with E-state index in [0.29, 0.717) is 6.54 Å². The molecule has 6 heteroatoms. The molecule has 0 spiro atoms. The van der Waals surface area contributed by atoms with E-state index in [2.05, 4.69) is 5.32 Å². The summed E-state index contributed by atoms with van der Waals surface area (Å²) in [6.07, 6.45) is 3.86. The Kier molecular flexibility index (Phi) is 6.86. The standard InChI is InChI=1S/C16H23ClN2O2S/c1-19(14-6-8-21-9-7-14)16(20)18-11-15(22-2)12-4-3-5-13(17)10-12/h3-5,10,14-15H,6-9,11H2,1-2H3,(H,18,20)/t15-/m0/s1. The van der Waals surface area contributed by atoms with Gasteiger partial charge in [0.05, 0.1) is 0 Å². The van der Waals surface area contributed by atoms with Gasteiger partial charge in [0, 0.05) is 43.1 Å². The summed E-state index contributed by atoms with van der Waals surface area (Å²) >= 11 is 7.75. The fraction of sp³-hybridized carbons (Fsp3) is 0.562. The number of rotatable bonds is 5. The van der Waals surface area contributed by atoms with Gasteiger partial charge in [0.2, 0.25) is 0 Å².